The highest BCUT2D eigenvalue weighted by Gasteiger charge is 2.18. The largest absolute Gasteiger partial charge is 0.349 e. The average molecular weight is 362 g/mol. The van der Waals surface area contributed by atoms with E-state index in [1.54, 1.807) is 12.1 Å². The number of para-hydroxylation sites is 1. The molecule has 0 atom stereocenters. The topological polar surface area (TPSA) is 70.2 Å². The second kappa shape index (κ2) is 10.1. The van der Waals surface area contributed by atoms with Gasteiger partial charge in [-0.2, -0.15) is 0 Å². The van der Waals surface area contributed by atoms with E-state index in [0.717, 1.165) is 25.7 Å². The Morgan fingerprint density at radius 3 is 2.60 bits per heavy atom. The van der Waals surface area contributed by atoms with Crippen LogP contribution in [0.1, 0.15) is 68.6 Å². The molecular weight excluding hydrogens is 334 g/mol. The molecule has 3 N–H and O–H groups in total. The smallest absolute Gasteiger partial charge is 0.253 e. The van der Waals surface area contributed by atoms with E-state index in [-0.39, 0.29) is 23.0 Å². The fourth-order valence-electron chi connectivity index (χ4n) is 2.98. The molecule has 25 heavy (non-hydrogen) atoms. The molecular formula is C19H27N3O2S. The van der Waals surface area contributed by atoms with Crippen LogP contribution >= 0.6 is 12.2 Å². The summed E-state index contributed by atoms with van der Waals surface area (Å²) in [6.45, 7) is 2.03. The standard InChI is InChI=1S/C19H27N3O2S/c1-2-3-13-17(23)22-19(25)21-16-12-8-7-11-15(16)18(24)20-14-9-5-4-6-10-14/h7-8,11-12,14H,2-6,9-10,13H2,1H3,(H,20,24)(H2,21,22,23,25). The molecule has 1 saturated carbocycles. The molecule has 1 aliphatic rings. The zero-order valence-corrected chi connectivity index (χ0v) is 15.6. The summed E-state index contributed by atoms with van der Waals surface area (Å²) in [7, 11) is 0. The quantitative estimate of drug-likeness (QED) is 0.675. The minimum Gasteiger partial charge on any atom is -0.349 e. The highest BCUT2D eigenvalue weighted by Crippen LogP contribution is 2.20. The number of unbranched alkanes of at least 4 members (excludes halogenated alkanes) is 1. The first-order valence-electron chi connectivity index (χ1n) is 9.11. The van der Waals surface area contributed by atoms with Crippen molar-refractivity contribution in [2.45, 2.75) is 64.3 Å². The Bertz CT molecular complexity index is 612. The lowest BCUT2D eigenvalue weighted by molar-refractivity contribution is -0.119. The molecule has 6 heteroatoms. The molecule has 136 valence electrons. The molecule has 0 aliphatic heterocycles. The predicted molar refractivity (Wildman–Crippen MR) is 105 cm³/mol. The van der Waals surface area contributed by atoms with E-state index in [4.69, 9.17) is 12.2 Å². The molecule has 1 aromatic carbocycles. The lowest BCUT2D eigenvalue weighted by Gasteiger charge is -2.23. The molecule has 0 bridgehead atoms. The summed E-state index contributed by atoms with van der Waals surface area (Å²) in [5.41, 5.74) is 1.15. The van der Waals surface area contributed by atoms with Gasteiger partial charge in [0, 0.05) is 12.5 Å². The second-order valence-corrected chi connectivity index (χ2v) is 6.87. The van der Waals surface area contributed by atoms with E-state index >= 15 is 0 Å². The van der Waals surface area contributed by atoms with Crippen LogP contribution in [-0.2, 0) is 4.79 Å². The number of thiocarbonyl (C=S) groups is 1. The zero-order valence-electron chi connectivity index (χ0n) is 14.8. The maximum Gasteiger partial charge on any atom is 0.253 e. The number of carbonyl (C=O) groups is 2. The van der Waals surface area contributed by atoms with E-state index in [9.17, 15) is 9.59 Å². The number of nitrogens with one attached hydrogen (secondary N) is 3. The predicted octanol–water partition coefficient (Wildman–Crippen LogP) is 3.75. The van der Waals surface area contributed by atoms with Crippen LogP contribution in [0.2, 0.25) is 0 Å². The van der Waals surface area contributed by atoms with Crippen molar-refractivity contribution in [1.29, 1.82) is 0 Å². The minimum absolute atomic E-state index is 0.102. The van der Waals surface area contributed by atoms with Crippen LogP contribution in [0, 0.1) is 0 Å². The Balaban J connectivity index is 1.95. The normalized spacial score (nSPS) is 14.6. The number of hydrogen-bond acceptors (Lipinski definition) is 3. The molecule has 0 aromatic heterocycles. The molecule has 0 saturated heterocycles. The SMILES string of the molecule is CCCCC(=O)NC(=S)Nc1ccccc1C(=O)NC1CCCCC1. The van der Waals surface area contributed by atoms with Crippen molar-refractivity contribution in [2.24, 2.45) is 0 Å². The Morgan fingerprint density at radius 2 is 1.88 bits per heavy atom. The molecule has 2 rings (SSSR count). The van der Waals surface area contributed by atoms with Crippen LogP contribution in [0.25, 0.3) is 0 Å². The van der Waals surface area contributed by atoms with Crippen molar-refractivity contribution in [3.05, 3.63) is 29.8 Å². The third kappa shape index (κ3) is 6.46. The van der Waals surface area contributed by atoms with E-state index in [0.29, 0.717) is 17.7 Å². The summed E-state index contributed by atoms with van der Waals surface area (Å²) in [6, 6.07) is 7.46. The van der Waals surface area contributed by atoms with Crippen LogP contribution in [-0.4, -0.2) is 23.0 Å². The van der Waals surface area contributed by atoms with Gasteiger partial charge in [0.15, 0.2) is 5.11 Å². The summed E-state index contributed by atoms with van der Waals surface area (Å²) >= 11 is 5.20. The van der Waals surface area contributed by atoms with E-state index < -0.39 is 0 Å². The fourth-order valence-corrected chi connectivity index (χ4v) is 3.20. The van der Waals surface area contributed by atoms with Crippen molar-refractivity contribution in [2.75, 3.05) is 5.32 Å². The van der Waals surface area contributed by atoms with Gasteiger partial charge in [0.1, 0.15) is 0 Å². The molecule has 0 heterocycles. The van der Waals surface area contributed by atoms with Crippen LogP contribution in [0.3, 0.4) is 0 Å². The van der Waals surface area contributed by atoms with Gasteiger partial charge in [0.25, 0.3) is 5.91 Å². The second-order valence-electron chi connectivity index (χ2n) is 6.46. The average Bonchev–Trinajstić information content (AvgIpc) is 2.61. The molecule has 1 fully saturated rings. The number of benzene rings is 1. The lowest BCUT2D eigenvalue weighted by Crippen LogP contribution is -2.37. The maximum atomic E-state index is 12.6. The van der Waals surface area contributed by atoms with Crippen LogP contribution < -0.4 is 16.0 Å². The van der Waals surface area contributed by atoms with Gasteiger partial charge < -0.3 is 16.0 Å². The van der Waals surface area contributed by atoms with Gasteiger partial charge in [0.2, 0.25) is 5.91 Å². The summed E-state index contributed by atoms with van der Waals surface area (Å²) in [4.78, 5) is 24.4. The van der Waals surface area contributed by atoms with Gasteiger partial charge in [-0.05, 0) is 43.6 Å². The molecule has 5 nitrogen and oxygen atoms in total. The highest BCUT2D eigenvalue weighted by molar-refractivity contribution is 7.80. The Kier molecular flexibility index (Phi) is 7.85. The lowest BCUT2D eigenvalue weighted by atomic mass is 9.95. The summed E-state index contributed by atoms with van der Waals surface area (Å²) < 4.78 is 0. The number of rotatable bonds is 6. The molecule has 2 amide bonds. The van der Waals surface area contributed by atoms with Gasteiger partial charge in [-0.3, -0.25) is 9.59 Å². The summed E-state index contributed by atoms with van der Waals surface area (Å²) in [5, 5.41) is 8.96. The number of amides is 2. The Hall–Kier alpha value is -1.95. The third-order valence-electron chi connectivity index (χ3n) is 4.37. The van der Waals surface area contributed by atoms with Gasteiger partial charge in [0.05, 0.1) is 11.3 Å². The van der Waals surface area contributed by atoms with E-state index in [1.807, 2.05) is 19.1 Å². The van der Waals surface area contributed by atoms with Crippen molar-refractivity contribution in [3.63, 3.8) is 0 Å². The number of carbonyl (C=O) groups excluding carboxylic acids is 2. The monoisotopic (exact) mass is 361 g/mol. The van der Waals surface area contributed by atoms with Crippen LogP contribution in [0.4, 0.5) is 5.69 Å². The molecule has 0 spiro atoms. The first-order chi connectivity index (χ1) is 12.1. The maximum absolute atomic E-state index is 12.6. The molecule has 0 unspecified atom stereocenters. The third-order valence-corrected chi connectivity index (χ3v) is 4.57. The first kappa shape index (κ1) is 19.4. The molecule has 1 aromatic rings. The van der Waals surface area contributed by atoms with Gasteiger partial charge in [-0.25, -0.2) is 0 Å². The number of anilines is 1. The molecule has 1 aliphatic carbocycles. The Labute approximate surface area is 155 Å². The Morgan fingerprint density at radius 1 is 1.16 bits per heavy atom. The van der Waals surface area contributed by atoms with Gasteiger partial charge in [-0.1, -0.05) is 44.7 Å². The van der Waals surface area contributed by atoms with Gasteiger partial charge in [-0.15, -0.1) is 0 Å². The van der Waals surface area contributed by atoms with E-state index in [1.165, 1.54) is 19.3 Å². The molecule has 0 radical (unpaired) electrons. The van der Waals surface area contributed by atoms with Crippen LogP contribution in [0.15, 0.2) is 24.3 Å². The minimum atomic E-state index is -0.108. The first-order valence-corrected chi connectivity index (χ1v) is 9.51. The summed E-state index contributed by atoms with van der Waals surface area (Å²) in [5.74, 6) is -0.210. The zero-order chi connectivity index (χ0) is 18.1. The highest BCUT2D eigenvalue weighted by atomic mass is 32.1. The van der Waals surface area contributed by atoms with Crippen molar-refractivity contribution in [3.8, 4) is 0 Å². The summed E-state index contributed by atoms with van der Waals surface area (Å²) in [6.07, 6.45) is 7.88. The van der Waals surface area contributed by atoms with Gasteiger partial charge >= 0.3 is 0 Å². The fraction of sp³-hybridized carbons (Fsp3) is 0.526. The van der Waals surface area contributed by atoms with Crippen molar-refractivity contribution < 1.29 is 9.59 Å². The van der Waals surface area contributed by atoms with Crippen molar-refractivity contribution >= 4 is 34.8 Å². The van der Waals surface area contributed by atoms with E-state index in [2.05, 4.69) is 16.0 Å². The van der Waals surface area contributed by atoms with Crippen molar-refractivity contribution in [1.82, 2.24) is 10.6 Å². The number of hydrogen-bond donors (Lipinski definition) is 3. The van der Waals surface area contributed by atoms with Crippen LogP contribution in [0.5, 0.6) is 0 Å².